The zero-order chi connectivity index (χ0) is 22.8. The molecule has 0 unspecified atom stereocenters. The zero-order valence-electron chi connectivity index (χ0n) is 18.8. The van der Waals surface area contributed by atoms with Crippen LogP contribution in [0, 0.1) is 12.7 Å². The number of urea groups is 1. The zero-order valence-corrected chi connectivity index (χ0v) is 18.8. The molecule has 0 atom stereocenters. The number of nitrogens with zero attached hydrogens (tertiary/aromatic N) is 3. The summed E-state index contributed by atoms with van der Waals surface area (Å²) in [5.41, 5.74) is 0.792. The van der Waals surface area contributed by atoms with E-state index < -0.39 is 0 Å². The lowest BCUT2D eigenvalue weighted by Crippen LogP contribution is -2.46. The smallest absolute Gasteiger partial charge is 0.319 e. The van der Waals surface area contributed by atoms with Gasteiger partial charge in [-0.2, -0.15) is 0 Å². The fourth-order valence-electron chi connectivity index (χ4n) is 3.09. The number of rotatable bonds is 11. The highest BCUT2D eigenvalue weighted by Gasteiger charge is 2.23. The van der Waals surface area contributed by atoms with Crippen LogP contribution in [-0.2, 0) is 22.6 Å². The molecule has 0 saturated carbocycles. The van der Waals surface area contributed by atoms with Gasteiger partial charge in [-0.1, -0.05) is 12.1 Å². The molecule has 0 aliphatic rings. The van der Waals surface area contributed by atoms with Crippen molar-refractivity contribution in [3.8, 4) is 0 Å². The van der Waals surface area contributed by atoms with Crippen LogP contribution in [0.15, 0.2) is 40.8 Å². The van der Waals surface area contributed by atoms with Crippen LogP contribution in [0.2, 0.25) is 0 Å². The highest BCUT2D eigenvalue weighted by Crippen LogP contribution is 2.14. The molecule has 1 heterocycles. The molecular weight excluding hydrogens is 401 g/mol. The molecule has 0 aliphatic heterocycles. The molecule has 2 aromatic rings. The summed E-state index contributed by atoms with van der Waals surface area (Å²) in [5.74, 6) is 0.852. The number of hydrogen-bond acceptors (Lipinski definition) is 4. The predicted octanol–water partition coefficient (Wildman–Crippen LogP) is 3.67. The normalized spacial score (nSPS) is 10.7. The molecule has 0 radical (unpaired) electrons. The molecule has 7 nitrogen and oxygen atoms in total. The van der Waals surface area contributed by atoms with Gasteiger partial charge in [0.2, 0.25) is 5.91 Å². The Labute approximate surface area is 183 Å². The minimum atomic E-state index is -0.333. The summed E-state index contributed by atoms with van der Waals surface area (Å²) in [5, 5.41) is 0. The largest absolute Gasteiger partial charge is 0.464 e. The first-order valence-electron chi connectivity index (χ1n) is 10.4. The number of aryl methyl sites for hydroxylation is 1. The monoisotopic (exact) mass is 433 g/mol. The molecule has 31 heavy (non-hydrogen) atoms. The molecule has 0 aliphatic carbocycles. The Bertz CT molecular complexity index is 836. The van der Waals surface area contributed by atoms with E-state index >= 15 is 0 Å². The summed E-state index contributed by atoms with van der Waals surface area (Å²) < 4.78 is 24.3. The summed E-state index contributed by atoms with van der Waals surface area (Å²) in [7, 11) is 3.31. The fourth-order valence-corrected chi connectivity index (χ4v) is 3.09. The Kier molecular flexibility index (Phi) is 9.52. The second-order valence-corrected chi connectivity index (χ2v) is 7.54. The Balaban J connectivity index is 2.15. The van der Waals surface area contributed by atoms with E-state index in [0.717, 1.165) is 11.3 Å². The van der Waals surface area contributed by atoms with Crippen molar-refractivity contribution in [3.63, 3.8) is 0 Å². The van der Waals surface area contributed by atoms with Crippen molar-refractivity contribution in [2.45, 2.75) is 33.4 Å². The lowest BCUT2D eigenvalue weighted by Gasteiger charge is -2.29. The van der Waals surface area contributed by atoms with E-state index in [1.54, 1.807) is 31.1 Å². The number of halogens is 1. The van der Waals surface area contributed by atoms with Crippen LogP contribution in [0.3, 0.4) is 0 Å². The maximum absolute atomic E-state index is 13.3. The minimum absolute atomic E-state index is 0.0655. The van der Waals surface area contributed by atoms with E-state index in [4.69, 9.17) is 9.15 Å². The number of amides is 3. The summed E-state index contributed by atoms with van der Waals surface area (Å²) in [4.78, 5) is 30.4. The van der Waals surface area contributed by atoms with E-state index in [9.17, 15) is 14.0 Å². The quantitative estimate of drug-likeness (QED) is 0.507. The molecule has 170 valence electrons. The van der Waals surface area contributed by atoms with Gasteiger partial charge in [-0.05, 0) is 50.1 Å². The summed E-state index contributed by atoms with van der Waals surface area (Å²) in [6.07, 6.45) is 0.635. The molecule has 0 N–H and O–H groups in total. The van der Waals surface area contributed by atoms with Gasteiger partial charge < -0.3 is 23.9 Å². The lowest BCUT2D eigenvalue weighted by atomic mass is 10.2. The average molecular weight is 434 g/mol. The first kappa shape index (κ1) is 24.4. The Morgan fingerprint density at radius 3 is 2.32 bits per heavy atom. The number of carbonyl (C=O) groups excluding carboxylic acids is 2. The van der Waals surface area contributed by atoms with Crippen molar-refractivity contribution in [1.29, 1.82) is 0 Å². The van der Waals surface area contributed by atoms with Gasteiger partial charge in [0, 0.05) is 40.4 Å². The molecular formula is C23H32FN3O4. The molecule has 3 amide bonds. The van der Waals surface area contributed by atoms with Crippen molar-refractivity contribution in [1.82, 2.24) is 14.7 Å². The highest BCUT2D eigenvalue weighted by molar-refractivity contribution is 5.84. The van der Waals surface area contributed by atoms with Crippen LogP contribution in [0.25, 0.3) is 0 Å². The van der Waals surface area contributed by atoms with Gasteiger partial charge in [0.25, 0.3) is 0 Å². The van der Waals surface area contributed by atoms with Crippen LogP contribution >= 0.6 is 0 Å². The molecule has 0 fully saturated rings. The molecule has 0 spiro atoms. The third-order valence-corrected chi connectivity index (χ3v) is 4.68. The van der Waals surface area contributed by atoms with Crippen LogP contribution in [-0.4, -0.2) is 67.0 Å². The summed E-state index contributed by atoms with van der Waals surface area (Å²) in [6, 6.07) is 9.45. The predicted molar refractivity (Wildman–Crippen MR) is 116 cm³/mol. The number of hydrogen-bond donors (Lipinski definition) is 0. The highest BCUT2D eigenvalue weighted by atomic mass is 19.1. The van der Waals surface area contributed by atoms with Crippen molar-refractivity contribution in [2.75, 3.05) is 40.4 Å². The third-order valence-electron chi connectivity index (χ3n) is 4.68. The molecule has 8 heteroatoms. The summed E-state index contributed by atoms with van der Waals surface area (Å²) >= 11 is 0. The second-order valence-electron chi connectivity index (χ2n) is 7.54. The fraction of sp³-hybridized carbons (Fsp3) is 0.478. The van der Waals surface area contributed by atoms with Crippen LogP contribution in [0.1, 0.15) is 30.4 Å². The van der Waals surface area contributed by atoms with Gasteiger partial charge in [0.1, 0.15) is 23.9 Å². The van der Waals surface area contributed by atoms with Crippen LogP contribution < -0.4 is 0 Å². The van der Waals surface area contributed by atoms with E-state index in [0.29, 0.717) is 31.9 Å². The number of furan rings is 1. The van der Waals surface area contributed by atoms with Gasteiger partial charge >= 0.3 is 6.03 Å². The number of carbonyl (C=O) groups is 2. The Hall–Kier alpha value is -2.87. The third kappa shape index (κ3) is 8.05. The van der Waals surface area contributed by atoms with Gasteiger partial charge in [0.05, 0.1) is 6.54 Å². The molecule has 0 bridgehead atoms. The Morgan fingerprint density at radius 1 is 1.03 bits per heavy atom. The van der Waals surface area contributed by atoms with Crippen molar-refractivity contribution in [3.05, 3.63) is 59.3 Å². The number of ether oxygens (including phenoxy) is 1. The molecule has 1 aromatic heterocycles. The molecule has 2 rings (SSSR count). The van der Waals surface area contributed by atoms with E-state index in [-0.39, 0.29) is 37.4 Å². The van der Waals surface area contributed by atoms with E-state index in [1.807, 2.05) is 26.0 Å². The molecule has 0 saturated heterocycles. The summed E-state index contributed by atoms with van der Waals surface area (Å²) in [6.45, 7) is 5.76. The Morgan fingerprint density at radius 2 is 1.74 bits per heavy atom. The van der Waals surface area contributed by atoms with E-state index in [2.05, 4.69) is 0 Å². The maximum atomic E-state index is 13.3. The second kappa shape index (κ2) is 12.1. The lowest BCUT2D eigenvalue weighted by molar-refractivity contribution is -0.133. The van der Waals surface area contributed by atoms with Gasteiger partial charge in [0.15, 0.2) is 0 Å². The first-order valence-corrected chi connectivity index (χ1v) is 10.4. The van der Waals surface area contributed by atoms with Gasteiger partial charge in [-0.25, -0.2) is 9.18 Å². The standard InChI is InChI=1S/C23H32FN3O4/c1-5-30-14-6-13-26(23(29)25(3)4)17-22(28)27(16-21-12-7-18(2)31-21)15-19-8-10-20(24)11-9-19/h7-12H,5-6,13-17H2,1-4H3. The van der Waals surface area contributed by atoms with Crippen molar-refractivity contribution < 1.29 is 23.1 Å². The minimum Gasteiger partial charge on any atom is -0.464 e. The van der Waals surface area contributed by atoms with Gasteiger partial charge in [-0.15, -0.1) is 0 Å². The van der Waals surface area contributed by atoms with Crippen LogP contribution in [0.4, 0.5) is 9.18 Å². The topological polar surface area (TPSA) is 66.2 Å². The van der Waals surface area contributed by atoms with Crippen LogP contribution in [0.5, 0.6) is 0 Å². The van der Waals surface area contributed by atoms with Crippen molar-refractivity contribution >= 4 is 11.9 Å². The maximum Gasteiger partial charge on any atom is 0.319 e. The molecule has 1 aromatic carbocycles. The average Bonchev–Trinajstić information content (AvgIpc) is 3.15. The number of benzene rings is 1. The first-order chi connectivity index (χ1) is 14.8. The SMILES string of the molecule is CCOCCCN(CC(=O)N(Cc1ccc(F)cc1)Cc1ccc(C)o1)C(=O)N(C)C. The van der Waals surface area contributed by atoms with Gasteiger partial charge in [-0.3, -0.25) is 4.79 Å². The van der Waals surface area contributed by atoms with Crippen molar-refractivity contribution in [2.24, 2.45) is 0 Å². The van der Waals surface area contributed by atoms with E-state index in [1.165, 1.54) is 21.9 Å².